The zero-order valence-corrected chi connectivity index (χ0v) is 39.2. The van der Waals surface area contributed by atoms with Gasteiger partial charge in [0.15, 0.2) is 0 Å². The van der Waals surface area contributed by atoms with Gasteiger partial charge in [-0.3, -0.25) is 0 Å². The molecule has 7 rings (SSSR count). The molecule has 0 spiro atoms. The molecule has 0 fully saturated rings. The minimum absolute atomic E-state index is 0.0887. The Balaban J connectivity index is 0.831. The highest BCUT2D eigenvalue weighted by Gasteiger charge is 2.24. The smallest absolute Gasteiger partial charge is 0.346 e. The van der Waals surface area contributed by atoms with E-state index in [1.165, 1.54) is 0 Å². The summed E-state index contributed by atoms with van der Waals surface area (Å²) in [6.45, 7) is 0. The Morgan fingerprint density at radius 3 is 0.321 bits per heavy atom. The molecule has 2 N–H and O–H groups in total. The molecule has 22 nitrogen and oxygen atoms in total. The lowest BCUT2D eigenvalue weighted by atomic mass is 10.1. The molecule has 0 unspecified atom stereocenters. The van der Waals surface area contributed by atoms with Crippen molar-refractivity contribution in [3.05, 3.63) is 248 Å². The number of benzene rings is 7. The number of carbonyl (C=O) groups excluding carboxylic acids is 12. The molecule has 0 aliphatic carbocycles. The number of carboxylic acid groups (broad SMARTS) is 2. The number of carboxylic acids is 2. The number of aromatic carboxylic acids is 2. The molecule has 7 aromatic carbocycles. The fraction of sp³-hybridized carbons (Fsp3) is 0. The van der Waals surface area contributed by atoms with Crippen LogP contribution >= 0.6 is 0 Å². The number of esters is 12. The summed E-state index contributed by atoms with van der Waals surface area (Å²) in [7, 11) is 0. The van der Waals surface area contributed by atoms with Crippen LogP contribution in [0.4, 0.5) is 0 Å². The maximum atomic E-state index is 12.8. The number of carbonyl (C=O) groups is 14. The Morgan fingerprint density at radius 1 is 0.167 bits per heavy atom. The van der Waals surface area contributed by atoms with E-state index in [-0.39, 0.29) is 77.9 Å². The van der Waals surface area contributed by atoms with Gasteiger partial charge in [-0.25, -0.2) is 67.1 Å². The largest absolute Gasteiger partial charge is 0.478 e. The molecule has 22 heteroatoms. The van der Waals surface area contributed by atoms with E-state index in [1.54, 1.807) is 0 Å². The van der Waals surface area contributed by atoms with Crippen molar-refractivity contribution < 1.29 is 106 Å². The average Bonchev–Trinajstić information content (AvgIpc) is 3.45. The Bertz CT molecular complexity index is 3370. The maximum absolute atomic E-state index is 12.8. The van der Waals surface area contributed by atoms with E-state index in [0.29, 0.717) is 0 Å². The van der Waals surface area contributed by atoms with Gasteiger partial charge in [-0.05, 0) is 170 Å². The second-order valence-corrected chi connectivity index (χ2v) is 15.7. The van der Waals surface area contributed by atoms with Crippen LogP contribution in [-0.4, -0.2) is 93.8 Å². The van der Waals surface area contributed by atoms with E-state index < -0.39 is 83.6 Å². The van der Waals surface area contributed by atoms with Gasteiger partial charge in [0, 0.05) is 0 Å². The molecule has 7 aromatic rings. The van der Waals surface area contributed by atoms with Gasteiger partial charge in [-0.2, -0.15) is 0 Å². The van der Waals surface area contributed by atoms with Gasteiger partial charge < -0.3 is 38.6 Å². The second kappa shape index (κ2) is 23.9. The predicted octanol–water partition coefficient (Wildman–Crippen LogP) is 7.07. The van der Waals surface area contributed by atoms with Crippen molar-refractivity contribution in [1.82, 2.24) is 0 Å². The topological polar surface area (TPSA) is 335 Å². The van der Waals surface area contributed by atoms with Crippen LogP contribution in [0.1, 0.15) is 145 Å². The summed E-state index contributed by atoms with van der Waals surface area (Å²) in [5, 5.41) is 18.0. The molecule has 0 aromatic heterocycles. The van der Waals surface area contributed by atoms with E-state index in [0.717, 1.165) is 170 Å². The van der Waals surface area contributed by atoms with Crippen LogP contribution in [-0.2, 0) is 28.4 Å². The summed E-state index contributed by atoms with van der Waals surface area (Å²) in [6, 6.07) is 31.5. The van der Waals surface area contributed by atoms with Crippen LogP contribution in [0, 0.1) is 0 Å². The summed E-state index contributed by atoms with van der Waals surface area (Å²) in [5.41, 5.74) is -2.19. The minimum atomic E-state index is -1.22. The standard InChI is InChI=1S/C56H30O22/c57-43(58)29-1-5-31(6-2-29)45(61)73-47(63)33-9-13-35(14-10-33)49(65)75-51(67)37-17-21-39(22-18-37)53(69)77-55(71)41-25-27-42(28-26-41)56(72)78-54(70)40-23-19-38(20-24-40)52(68)76-50(66)36-15-11-34(12-16-36)48(64)74-46(62)32-7-3-30(4-8-32)44(59)60/h1-28H,(H,57,58)(H,59,60). The molecule has 0 heterocycles. The first-order chi connectivity index (χ1) is 37.2. The Morgan fingerprint density at radius 2 is 0.244 bits per heavy atom. The monoisotopic (exact) mass is 1050 g/mol. The SMILES string of the molecule is O=C(O)c1ccc(C(=O)OC(=O)c2ccc(C(=O)OC(=O)c3ccc(C(=O)OC(=O)c4ccc(C(=O)OC(=O)c5ccc(C(=O)OC(=O)c6ccc(C(=O)OC(=O)c7ccc(C(=O)O)cc7)cc6)cc5)cc4)cc3)cc2)cc1. The van der Waals surface area contributed by atoms with Crippen molar-refractivity contribution in [2.24, 2.45) is 0 Å². The van der Waals surface area contributed by atoms with Gasteiger partial charge in [0.1, 0.15) is 0 Å². The number of hydrogen-bond acceptors (Lipinski definition) is 20. The quantitative estimate of drug-likeness (QED) is 0.0624. The maximum Gasteiger partial charge on any atom is 0.346 e. The second-order valence-electron chi connectivity index (χ2n) is 15.7. The van der Waals surface area contributed by atoms with Gasteiger partial charge >= 0.3 is 83.6 Å². The molecule has 0 aliphatic heterocycles. The highest BCUT2D eigenvalue weighted by Crippen LogP contribution is 2.18. The Hall–Kier alpha value is -11.7. The highest BCUT2D eigenvalue weighted by molar-refractivity contribution is 6.09. The minimum Gasteiger partial charge on any atom is -0.478 e. The van der Waals surface area contributed by atoms with Crippen LogP contribution in [0.15, 0.2) is 170 Å². The van der Waals surface area contributed by atoms with Crippen LogP contribution in [0.2, 0.25) is 0 Å². The summed E-state index contributed by atoms with van der Waals surface area (Å²) >= 11 is 0. The number of ether oxygens (including phenoxy) is 6. The molecule has 0 saturated heterocycles. The van der Waals surface area contributed by atoms with Gasteiger partial charge in [0.2, 0.25) is 0 Å². The van der Waals surface area contributed by atoms with E-state index >= 15 is 0 Å². The van der Waals surface area contributed by atoms with Gasteiger partial charge in [-0.15, -0.1) is 0 Å². The van der Waals surface area contributed by atoms with Gasteiger partial charge in [0.05, 0.1) is 77.9 Å². The van der Waals surface area contributed by atoms with E-state index in [4.69, 9.17) is 38.6 Å². The van der Waals surface area contributed by atoms with E-state index in [1.807, 2.05) is 0 Å². The summed E-state index contributed by atoms with van der Waals surface area (Å²) in [5.74, 6) is -15.9. The normalized spacial score (nSPS) is 10.4. The first-order valence-corrected chi connectivity index (χ1v) is 22.0. The molecule has 386 valence electrons. The van der Waals surface area contributed by atoms with Crippen LogP contribution in [0.3, 0.4) is 0 Å². The lowest BCUT2D eigenvalue weighted by molar-refractivity contribution is 0.0374. The summed E-state index contributed by atoms with van der Waals surface area (Å²) in [6.07, 6.45) is 0. The average molecular weight is 1050 g/mol. The molecular formula is C56H30O22. The van der Waals surface area contributed by atoms with E-state index in [2.05, 4.69) is 0 Å². The third kappa shape index (κ3) is 13.5. The fourth-order valence-corrected chi connectivity index (χ4v) is 6.42. The molecule has 0 amide bonds. The van der Waals surface area contributed by atoms with Crippen molar-refractivity contribution in [2.75, 3.05) is 0 Å². The van der Waals surface area contributed by atoms with E-state index in [9.17, 15) is 67.1 Å². The Kier molecular flexibility index (Phi) is 16.6. The van der Waals surface area contributed by atoms with Crippen molar-refractivity contribution in [3.8, 4) is 0 Å². The highest BCUT2D eigenvalue weighted by atomic mass is 16.6. The van der Waals surface area contributed by atoms with Gasteiger partial charge in [0.25, 0.3) is 0 Å². The molecule has 0 atom stereocenters. The molecule has 0 bridgehead atoms. The molecular weight excluding hydrogens is 1020 g/mol. The zero-order valence-electron chi connectivity index (χ0n) is 39.2. The van der Waals surface area contributed by atoms with Crippen LogP contribution in [0.25, 0.3) is 0 Å². The predicted molar refractivity (Wildman–Crippen MR) is 257 cm³/mol. The lowest BCUT2D eigenvalue weighted by Gasteiger charge is -2.07. The third-order valence-corrected chi connectivity index (χ3v) is 10.6. The first-order valence-electron chi connectivity index (χ1n) is 22.0. The number of rotatable bonds is 14. The molecule has 78 heavy (non-hydrogen) atoms. The van der Waals surface area contributed by atoms with Crippen molar-refractivity contribution in [1.29, 1.82) is 0 Å². The van der Waals surface area contributed by atoms with Crippen molar-refractivity contribution >= 4 is 83.6 Å². The van der Waals surface area contributed by atoms with Crippen molar-refractivity contribution in [2.45, 2.75) is 0 Å². The fourth-order valence-electron chi connectivity index (χ4n) is 6.42. The van der Waals surface area contributed by atoms with Gasteiger partial charge in [-0.1, -0.05) is 0 Å². The third-order valence-electron chi connectivity index (χ3n) is 10.6. The summed E-state index contributed by atoms with van der Waals surface area (Å²) < 4.78 is 29.1. The van der Waals surface area contributed by atoms with Crippen LogP contribution in [0.5, 0.6) is 0 Å². The summed E-state index contributed by atoms with van der Waals surface area (Å²) in [4.78, 5) is 173. The molecule has 0 radical (unpaired) electrons. The zero-order chi connectivity index (χ0) is 56.2. The Labute approximate surface area is 435 Å². The van der Waals surface area contributed by atoms with Crippen molar-refractivity contribution in [3.63, 3.8) is 0 Å². The van der Waals surface area contributed by atoms with Crippen LogP contribution < -0.4 is 0 Å². The molecule has 0 aliphatic rings. The molecule has 0 saturated carbocycles. The lowest BCUT2D eigenvalue weighted by Crippen LogP contribution is -2.16. The first kappa shape index (κ1) is 54.1. The number of hydrogen-bond donors (Lipinski definition) is 2.